The highest BCUT2D eigenvalue weighted by molar-refractivity contribution is 7.91. The SMILES string of the molecule is CCS(=O)(=O)CCCOc1cccc(F)c1C(N)=S. The van der Waals surface area contributed by atoms with Gasteiger partial charge in [-0.25, -0.2) is 12.8 Å². The number of nitrogens with two attached hydrogens (primary N) is 1. The van der Waals surface area contributed by atoms with Crippen LogP contribution in [0.5, 0.6) is 5.75 Å². The van der Waals surface area contributed by atoms with E-state index in [4.69, 9.17) is 22.7 Å². The van der Waals surface area contributed by atoms with E-state index >= 15 is 0 Å². The molecule has 0 radical (unpaired) electrons. The van der Waals surface area contributed by atoms with Crippen molar-refractivity contribution < 1.29 is 17.5 Å². The van der Waals surface area contributed by atoms with E-state index in [0.717, 1.165) is 0 Å². The molecule has 7 heteroatoms. The predicted octanol–water partition coefficient (Wildman–Crippen LogP) is 1.66. The minimum Gasteiger partial charge on any atom is -0.493 e. The fraction of sp³-hybridized carbons (Fsp3) is 0.417. The molecule has 2 N–H and O–H groups in total. The van der Waals surface area contributed by atoms with Gasteiger partial charge < -0.3 is 10.5 Å². The van der Waals surface area contributed by atoms with Crippen LogP contribution >= 0.6 is 12.2 Å². The number of hydrogen-bond acceptors (Lipinski definition) is 4. The smallest absolute Gasteiger partial charge is 0.150 e. The number of benzene rings is 1. The van der Waals surface area contributed by atoms with Crippen LogP contribution in [0.4, 0.5) is 4.39 Å². The molecule has 0 heterocycles. The van der Waals surface area contributed by atoms with Crippen molar-refractivity contribution in [3.05, 3.63) is 29.6 Å². The first kappa shape index (κ1) is 15.8. The predicted molar refractivity (Wildman–Crippen MR) is 76.7 cm³/mol. The number of rotatable bonds is 7. The molecule has 1 rings (SSSR count). The van der Waals surface area contributed by atoms with E-state index in [1.54, 1.807) is 13.0 Å². The Labute approximate surface area is 117 Å². The average Bonchev–Trinajstić information content (AvgIpc) is 2.34. The zero-order chi connectivity index (χ0) is 14.5. The molecule has 0 bridgehead atoms. The summed E-state index contributed by atoms with van der Waals surface area (Å²) in [6, 6.07) is 4.27. The normalized spacial score (nSPS) is 11.3. The third kappa shape index (κ3) is 4.76. The van der Waals surface area contributed by atoms with Crippen LogP contribution in [0.15, 0.2) is 18.2 Å². The Balaban J connectivity index is 2.64. The second-order valence-electron chi connectivity index (χ2n) is 3.92. The summed E-state index contributed by atoms with van der Waals surface area (Å²) in [4.78, 5) is -0.0886. The first-order valence-electron chi connectivity index (χ1n) is 5.79. The molecule has 0 aliphatic carbocycles. The summed E-state index contributed by atoms with van der Waals surface area (Å²) in [6.07, 6.45) is 0.337. The molecule has 0 aliphatic heterocycles. The molecule has 0 aliphatic rings. The zero-order valence-corrected chi connectivity index (χ0v) is 12.2. The van der Waals surface area contributed by atoms with Gasteiger partial charge in [0.1, 0.15) is 26.4 Å². The molecule has 0 amide bonds. The van der Waals surface area contributed by atoms with Crippen molar-refractivity contribution >= 4 is 27.0 Å². The van der Waals surface area contributed by atoms with Gasteiger partial charge in [-0.15, -0.1) is 0 Å². The Bertz CT molecular complexity index is 558. The minimum atomic E-state index is -3.01. The van der Waals surface area contributed by atoms with Crippen molar-refractivity contribution in [3.8, 4) is 5.75 Å². The van der Waals surface area contributed by atoms with Gasteiger partial charge in [0, 0.05) is 5.75 Å². The maximum Gasteiger partial charge on any atom is 0.150 e. The number of sulfone groups is 1. The van der Waals surface area contributed by atoms with E-state index in [1.807, 2.05) is 0 Å². The summed E-state index contributed by atoms with van der Waals surface area (Å²) in [5, 5.41) is 0. The summed E-state index contributed by atoms with van der Waals surface area (Å²) < 4.78 is 41.4. The second kappa shape index (κ2) is 6.81. The van der Waals surface area contributed by atoms with Crippen molar-refractivity contribution in [2.45, 2.75) is 13.3 Å². The number of ether oxygens (including phenoxy) is 1. The van der Waals surface area contributed by atoms with Gasteiger partial charge in [0.15, 0.2) is 0 Å². The van der Waals surface area contributed by atoms with Crippen molar-refractivity contribution in [1.29, 1.82) is 0 Å². The van der Waals surface area contributed by atoms with Crippen molar-refractivity contribution in [1.82, 2.24) is 0 Å². The van der Waals surface area contributed by atoms with Gasteiger partial charge in [-0.3, -0.25) is 0 Å². The van der Waals surface area contributed by atoms with Gasteiger partial charge in [0.05, 0.1) is 17.9 Å². The Hall–Kier alpha value is -1.21. The molecule has 1 aromatic carbocycles. The Morgan fingerprint density at radius 2 is 2.16 bits per heavy atom. The highest BCUT2D eigenvalue weighted by Crippen LogP contribution is 2.21. The zero-order valence-electron chi connectivity index (χ0n) is 10.6. The van der Waals surface area contributed by atoms with E-state index in [9.17, 15) is 12.8 Å². The topological polar surface area (TPSA) is 69.4 Å². The van der Waals surface area contributed by atoms with Crippen LogP contribution in [0.25, 0.3) is 0 Å². The monoisotopic (exact) mass is 305 g/mol. The van der Waals surface area contributed by atoms with Gasteiger partial charge >= 0.3 is 0 Å². The molecule has 106 valence electrons. The standard InChI is InChI=1S/C12H16FNO3S2/c1-2-19(15,16)8-4-7-17-10-6-3-5-9(13)11(10)12(14)18/h3,5-6H,2,4,7-8H2,1H3,(H2,14,18). The van der Waals surface area contributed by atoms with E-state index in [2.05, 4.69) is 0 Å². The molecule has 0 atom stereocenters. The lowest BCUT2D eigenvalue weighted by molar-refractivity contribution is 0.315. The molecule has 4 nitrogen and oxygen atoms in total. The average molecular weight is 305 g/mol. The van der Waals surface area contributed by atoms with E-state index in [1.165, 1.54) is 12.1 Å². The lowest BCUT2D eigenvalue weighted by atomic mass is 10.2. The van der Waals surface area contributed by atoms with E-state index in [-0.39, 0.29) is 34.4 Å². The third-order valence-corrected chi connectivity index (χ3v) is 4.51. The summed E-state index contributed by atoms with van der Waals surface area (Å²) in [5.74, 6) is -0.167. The molecular weight excluding hydrogens is 289 g/mol. The molecule has 0 spiro atoms. The fourth-order valence-electron chi connectivity index (χ4n) is 1.47. The largest absolute Gasteiger partial charge is 0.493 e. The van der Waals surface area contributed by atoms with Gasteiger partial charge in [-0.05, 0) is 18.6 Å². The van der Waals surface area contributed by atoms with Crippen LogP contribution in [0.1, 0.15) is 18.9 Å². The van der Waals surface area contributed by atoms with Crippen molar-refractivity contribution in [2.75, 3.05) is 18.1 Å². The highest BCUT2D eigenvalue weighted by atomic mass is 32.2. The molecule has 0 aromatic heterocycles. The molecular formula is C12H16FNO3S2. The first-order chi connectivity index (χ1) is 8.87. The maximum atomic E-state index is 13.5. The molecule has 1 aromatic rings. The highest BCUT2D eigenvalue weighted by Gasteiger charge is 2.13. The van der Waals surface area contributed by atoms with Crippen LogP contribution < -0.4 is 10.5 Å². The Morgan fingerprint density at radius 3 is 2.74 bits per heavy atom. The van der Waals surface area contributed by atoms with Crippen LogP contribution in [0.3, 0.4) is 0 Å². The minimum absolute atomic E-state index is 0.0429. The van der Waals surface area contributed by atoms with Gasteiger partial charge in [-0.1, -0.05) is 25.2 Å². The lowest BCUT2D eigenvalue weighted by Gasteiger charge is -2.11. The maximum absolute atomic E-state index is 13.5. The molecule has 0 unspecified atom stereocenters. The van der Waals surface area contributed by atoms with Gasteiger partial charge in [0.25, 0.3) is 0 Å². The van der Waals surface area contributed by atoms with Crippen LogP contribution in [0.2, 0.25) is 0 Å². The quantitative estimate of drug-likeness (QED) is 0.613. The van der Waals surface area contributed by atoms with Crippen LogP contribution in [0, 0.1) is 5.82 Å². The second-order valence-corrected chi connectivity index (χ2v) is 6.83. The lowest BCUT2D eigenvalue weighted by Crippen LogP contribution is -2.16. The Kier molecular flexibility index (Phi) is 5.68. The van der Waals surface area contributed by atoms with Crippen LogP contribution in [-0.2, 0) is 9.84 Å². The molecule has 0 fully saturated rings. The fourth-order valence-corrected chi connectivity index (χ4v) is 2.51. The van der Waals surface area contributed by atoms with E-state index < -0.39 is 15.7 Å². The van der Waals surface area contributed by atoms with Crippen LogP contribution in [-0.4, -0.2) is 31.5 Å². The summed E-state index contributed by atoms with van der Waals surface area (Å²) in [5.41, 5.74) is 5.48. The number of thiocarbonyl (C=S) groups is 1. The molecule has 0 saturated carbocycles. The third-order valence-electron chi connectivity index (χ3n) is 2.52. The molecule has 19 heavy (non-hydrogen) atoms. The summed E-state index contributed by atoms with van der Waals surface area (Å²) in [6.45, 7) is 1.76. The van der Waals surface area contributed by atoms with Crippen molar-refractivity contribution in [3.63, 3.8) is 0 Å². The van der Waals surface area contributed by atoms with Gasteiger partial charge in [0.2, 0.25) is 0 Å². The number of hydrogen-bond donors (Lipinski definition) is 1. The summed E-state index contributed by atoms with van der Waals surface area (Å²) >= 11 is 4.76. The Morgan fingerprint density at radius 1 is 1.47 bits per heavy atom. The van der Waals surface area contributed by atoms with E-state index in [0.29, 0.717) is 6.42 Å². The summed E-state index contributed by atoms with van der Waals surface area (Å²) in [7, 11) is -3.01. The molecule has 0 saturated heterocycles. The van der Waals surface area contributed by atoms with Crippen molar-refractivity contribution in [2.24, 2.45) is 5.73 Å². The van der Waals surface area contributed by atoms with Gasteiger partial charge in [-0.2, -0.15) is 0 Å². The first-order valence-corrected chi connectivity index (χ1v) is 8.02. The number of halogens is 1.